The molecule has 2 heterocycles. The van der Waals surface area contributed by atoms with Crippen molar-refractivity contribution in [3.05, 3.63) is 22.8 Å². The van der Waals surface area contributed by atoms with E-state index in [1.807, 2.05) is 13.8 Å². The van der Waals surface area contributed by atoms with Gasteiger partial charge in [-0.2, -0.15) is 0 Å². The van der Waals surface area contributed by atoms with Gasteiger partial charge in [0.2, 0.25) is 0 Å². The molecule has 1 aromatic heterocycles. The summed E-state index contributed by atoms with van der Waals surface area (Å²) in [5.74, 6) is 0.138. The van der Waals surface area contributed by atoms with Crippen molar-refractivity contribution in [3.8, 4) is 0 Å². The summed E-state index contributed by atoms with van der Waals surface area (Å²) in [5, 5.41) is 3.19. The molecule has 1 N–H and O–H groups in total. The summed E-state index contributed by atoms with van der Waals surface area (Å²) < 4.78 is 10.5. The van der Waals surface area contributed by atoms with Crippen LogP contribution >= 0.6 is 0 Å². The second-order valence-corrected chi connectivity index (χ2v) is 4.82. The van der Waals surface area contributed by atoms with Gasteiger partial charge >= 0.3 is 5.97 Å². The van der Waals surface area contributed by atoms with E-state index in [-0.39, 0.29) is 0 Å². The molecule has 0 radical (unpaired) electrons. The highest BCUT2D eigenvalue weighted by molar-refractivity contribution is 5.89. The van der Waals surface area contributed by atoms with Crippen LogP contribution in [0, 0.1) is 0 Å². The number of rotatable bonds is 5. The lowest BCUT2D eigenvalue weighted by atomic mass is 9.95. The zero-order chi connectivity index (χ0) is 14.8. The predicted octanol–water partition coefficient (Wildman–Crippen LogP) is 1.53. The van der Waals surface area contributed by atoms with E-state index in [1.165, 1.54) is 7.11 Å². The zero-order valence-corrected chi connectivity index (χ0v) is 12.4. The Kier molecular flexibility index (Phi) is 4.35. The van der Waals surface area contributed by atoms with Crippen LogP contribution in [0.1, 0.15) is 54.3 Å². The van der Waals surface area contributed by atoms with Crippen molar-refractivity contribution in [3.63, 3.8) is 0 Å². The van der Waals surface area contributed by atoms with Gasteiger partial charge in [0.15, 0.2) is 11.5 Å². The van der Waals surface area contributed by atoms with Crippen molar-refractivity contribution < 1.29 is 14.3 Å². The summed E-state index contributed by atoms with van der Waals surface area (Å²) in [6.07, 6.45) is 1.49. The van der Waals surface area contributed by atoms with Crippen molar-refractivity contribution in [1.29, 1.82) is 0 Å². The van der Waals surface area contributed by atoms with Gasteiger partial charge in [0, 0.05) is 25.8 Å². The summed E-state index contributed by atoms with van der Waals surface area (Å²) in [6, 6.07) is 0. The molecule has 20 heavy (non-hydrogen) atoms. The highest BCUT2D eigenvalue weighted by Gasteiger charge is 2.35. The first kappa shape index (κ1) is 14.9. The number of carbonyl (C=O) groups excluding carboxylic acids is 1. The number of fused-ring (bicyclic) bond motifs is 1. The minimum absolute atomic E-state index is 0.348. The number of nitrogens with zero attached hydrogens (tertiary/aromatic N) is 2. The van der Waals surface area contributed by atoms with Crippen molar-refractivity contribution in [2.75, 3.05) is 14.2 Å². The molecule has 1 aliphatic heterocycles. The first-order chi connectivity index (χ1) is 9.61. The molecule has 1 aliphatic rings. The molecule has 6 nitrogen and oxygen atoms in total. The monoisotopic (exact) mass is 279 g/mol. The first-order valence-corrected chi connectivity index (χ1v) is 6.86. The molecule has 0 bridgehead atoms. The number of carbonyl (C=O) groups is 1. The fourth-order valence-corrected chi connectivity index (χ4v) is 2.58. The molecule has 0 saturated heterocycles. The number of aromatic nitrogens is 2. The molecule has 0 aliphatic carbocycles. The van der Waals surface area contributed by atoms with E-state index >= 15 is 0 Å². The smallest absolute Gasteiger partial charge is 0.357 e. The van der Waals surface area contributed by atoms with Gasteiger partial charge < -0.3 is 14.8 Å². The van der Waals surface area contributed by atoms with E-state index in [0.29, 0.717) is 24.6 Å². The molecular formula is C14H21N3O3. The topological polar surface area (TPSA) is 73.3 Å². The maximum Gasteiger partial charge on any atom is 0.357 e. The van der Waals surface area contributed by atoms with Crippen LogP contribution in [0.5, 0.6) is 0 Å². The van der Waals surface area contributed by atoms with E-state index in [4.69, 9.17) is 9.47 Å². The summed E-state index contributed by atoms with van der Waals surface area (Å²) in [4.78, 5) is 21.0. The lowest BCUT2D eigenvalue weighted by molar-refractivity contribution is -0.0295. The molecule has 0 spiro atoms. The van der Waals surface area contributed by atoms with Gasteiger partial charge in [-0.3, -0.25) is 0 Å². The number of hydrogen-bond acceptors (Lipinski definition) is 6. The molecule has 0 atom stereocenters. The number of methoxy groups -OCH3 is 2. The maximum atomic E-state index is 11.9. The third-order valence-corrected chi connectivity index (χ3v) is 4.01. The molecule has 0 amide bonds. The lowest BCUT2D eigenvalue weighted by Crippen LogP contribution is -2.31. The van der Waals surface area contributed by atoms with Gasteiger partial charge in [0.05, 0.1) is 12.8 Å². The standard InChI is InChI=1S/C14H21N3O3/c1-5-14(6-2,20-4)13-16-10-8-15-7-9(10)11(17-13)12(18)19-3/h15H,5-8H2,1-4H3. The maximum absolute atomic E-state index is 11.9. The first-order valence-electron chi connectivity index (χ1n) is 6.86. The summed E-state index contributed by atoms with van der Waals surface area (Å²) in [6.45, 7) is 5.29. The average molecular weight is 279 g/mol. The van der Waals surface area contributed by atoms with Crippen LogP contribution in [0.2, 0.25) is 0 Å². The molecule has 0 fully saturated rings. The van der Waals surface area contributed by atoms with Gasteiger partial charge in [0.25, 0.3) is 0 Å². The molecule has 1 aromatic rings. The fraction of sp³-hybridized carbons (Fsp3) is 0.643. The van der Waals surface area contributed by atoms with E-state index in [2.05, 4.69) is 15.3 Å². The molecule has 0 unspecified atom stereocenters. The van der Waals surface area contributed by atoms with Crippen molar-refractivity contribution in [2.45, 2.75) is 45.4 Å². The highest BCUT2D eigenvalue weighted by Crippen LogP contribution is 2.31. The van der Waals surface area contributed by atoms with Gasteiger partial charge in [0.1, 0.15) is 5.60 Å². The fourth-order valence-electron chi connectivity index (χ4n) is 2.58. The van der Waals surface area contributed by atoms with Crippen LogP contribution < -0.4 is 5.32 Å². The molecule has 0 aromatic carbocycles. The third kappa shape index (κ3) is 2.29. The SMILES string of the molecule is CCC(CC)(OC)c1nc2c(c(C(=O)OC)n1)CNC2. The Balaban J connectivity index is 2.58. The average Bonchev–Trinajstić information content (AvgIpc) is 2.96. The van der Waals surface area contributed by atoms with Gasteiger partial charge in [-0.1, -0.05) is 13.8 Å². The van der Waals surface area contributed by atoms with E-state index in [1.54, 1.807) is 7.11 Å². The second kappa shape index (κ2) is 5.85. The number of ether oxygens (including phenoxy) is 2. The summed E-state index contributed by atoms with van der Waals surface area (Å²) in [7, 11) is 3.02. The molecule has 6 heteroatoms. The Morgan fingerprint density at radius 2 is 1.95 bits per heavy atom. The Hall–Kier alpha value is -1.53. The van der Waals surface area contributed by atoms with Crippen molar-refractivity contribution in [1.82, 2.24) is 15.3 Å². The van der Waals surface area contributed by atoms with Gasteiger partial charge in [-0.15, -0.1) is 0 Å². The Morgan fingerprint density at radius 3 is 2.50 bits per heavy atom. The van der Waals surface area contributed by atoms with Crippen molar-refractivity contribution >= 4 is 5.97 Å². The predicted molar refractivity (Wildman–Crippen MR) is 73.2 cm³/mol. The van der Waals surface area contributed by atoms with E-state index in [9.17, 15) is 4.79 Å². The van der Waals surface area contributed by atoms with Crippen LogP contribution in [-0.4, -0.2) is 30.2 Å². The van der Waals surface area contributed by atoms with Crippen LogP contribution in [-0.2, 0) is 28.2 Å². The van der Waals surface area contributed by atoms with Crippen molar-refractivity contribution in [2.24, 2.45) is 0 Å². The third-order valence-electron chi connectivity index (χ3n) is 4.01. The molecule has 0 saturated carbocycles. The highest BCUT2D eigenvalue weighted by atomic mass is 16.5. The molecule has 2 rings (SSSR count). The summed E-state index contributed by atoms with van der Waals surface area (Å²) >= 11 is 0. The van der Waals surface area contributed by atoms with Gasteiger partial charge in [-0.05, 0) is 12.8 Å². The van der Waals surface area contributed by atoms with Crippen LogP contribution in [0.3, 0.4) is 0 Å². The summed E-state index contributed by atoms with van der Waals surface area (Å²) in [5.41, 5.74) is 1.48. The number of hydrogen-bond donors (Lipinski definition) is 1. The van der Waals surface area contributed by atoms with E-state index in [0.717, 1.165) is 24.1 Å². The zero-order valence-electron chi connectivity index (χ0n) is 12.4. The van der Waals surface area contributed by atoms with Crippen LogP contribution in [0.4, 0.5) is 0 Å². The van der Waals surface area contributed by atoms with E-state index < -0.39 is 11.6 Å². The normalized spacial score (nSPS) is 14.2. The largest absolute Gasteiger partial charge is 0.464 e. The minimum atomic E-state index is -0.555. The minimum Gasteiger partial charge on any atom is -0.464 e. The number of nitrogens with one attached hydrogen (secondary N) is 1. The Bertz CT molecular complexity index is 504. The lowest BCUT2D eigenvalue weighted by Gasteiger charge is -2.29. The Morgan fingerprint density at radius 1 is 1.25 bits per heavy atom. The second-order valence-electron chi connectivity index (χ2n) is 4.82. The Labute approximate surface area is 118 Å². The molecular weight excluding hydrogens is 258 g/mol. The number of esters is 1. The quantitative estimate of drug-likeness (QED) is 0.824. The van der Waals surface area contributed by atoms with Gasteiger partial charge in [-0.25, -0.2) is 14.8 Å². The van der Waals surface area contributed by atoms with Crippen LogP contribution in [0.25, 0.3) is 0 Å². The molecule has 110 valence electrons. The van der Waals surface area contributed by atoms with Crippen LogP contribution in [0.15, 0.2) is 0 Å².